The van der Waals surface area contributed by atoms with Crippen molar-refractivity contribution in [2.24, 2.45) is 5.73 Å². The van der Waals surface area contributed by atoms with Gasteiger partial charge in [0, 0.05) is 10.5 Å². The maximum Gasteiger partial charge on any atom is 0.323 e. The number of anilines is 2. The maximum atomic E-state index is 11.6. The van der Waals surface area contributed by atoms with Gasteiger partial charge in [0.05, 0.1) is 11.4 Å². The van der Waals surface area contributed by atoms with E-state index in [0.29, 0.717) is 11.4 Å². The lowest BCUT2D eigenvalue weighted by Crippen LogP contribution is -2.31. The van der Waals surface area contributed by atoms with E-state index in [1.165, 1.54) is 28.2 Å². The van der Waals surface area contributed by atoms with Crippen molar-refractivity contribution >= 4 is 33.3 Å². The molecule has 4 nitrogen and oxygen atoms in total. The van der Waals surface area contributed by atoms with Crippen molar-refractivity contribution in [3.63, 3.8) is 0 Å². The molecule has 0 aliphatic carbocycles. The van der Waals surface area contributed by atoms with Gasteiger partial charge < -0.3 is 10.8 Å². The minimum Gasteiger partial charge on any atom is -0.508 e. The van der Waals surface area contributed by atoms with Crippen molar-refractivity contribution in [2.75, 3.05) is 4.90 Å². The highest BCUT2D eigenvalue weighted by Crippen LogP contribution is 2.33. The summed E-state index contributed by atoms with van der Waals surface area (Å²) >= 11 is 3.37. The average molecular weight is 461 g/mol. The maximum absolute atomic E-state index is 11.6. The first-order chi connectivity index (χ1) is 14.6. The summed E-state index contributed by atoms with van der Waals surface area (Å²) in [6.07, 6.45) is 0. The van der Waals surface area contributed by atoms with Crippen LogP contribution in [0.5, 0.6) is 5.75 Å². The van der Waals surface area contributed by atoms with Gasteiger partial charge in [0.25, 0.3) is 0 Å². The molecule has 0 spiro atoms. The fourth-order valence-corrected chi connectivity index (χ4v) is 3.37. The van der Waals surface area contributed by atoms with Gasteiger partial charge in [-0.05, 0) is 51.3 Å². The second-order valence-electron chi connectivity index (χ2n) is 6.38. The standard InChI is InChI=1S/C13H11BrN2O2.C12H10/c14-11-6-1-2-7-12(11)16(13(15)18)9-4-3-5-10(17)8-9;1-3-7-11(8-4-1)12-9-5-2-6-10-12/h1-8,17H,(H2,15,18);1-10H. The van der Waals surface area contributed by atoms with E-state index in [-0.39, 0.29) is 5.75 Å². The van der Waals surface area contributed by atoms with Gasteiger partial charge in [-0.2, -0.15) is 0 Å². The Labute approximate surface area is 184 Å². The van der Waals surface area contributed by atoms with Crippen LogP contribution >= 0.6 is 15.9 Å². The number of rotatable bonds is 3. The summed E-state index contributed by atoms with van der Waals surface area (Å²) in [5, 5.41) is 9.47. The van der Waals surface area contributed by atoms with E-state index in [1.807, 2.05) is 24.3 Å². The topological polar surface area (TPSA) is 66.6 Å². The zero-order valence-electron chi connectivity index (χ0n) is 16.2. The highest BCUT2D eigenvalue weighted by atomic mass is 79.9. The summed E-state index contributed by atoms with van der Waals surface area (Å²) in [5.41, 5.74) is 9.09. The fraction of sp³-hybridized carbons (Fsp3) is 0. The van der Waals surface area contributed by atoms with Gasteiger partial charge in [-0.1, -0.05) is 78.9 Å². The first-order valence-electron chi connectivity index (χ1n) is 9.30. The molecule has 30 heavy (non-hydrogen) atoms. The fourth-order valence-electron chi connectivity index (χ4n) is 2.91. The number of halogens is 1. The predicted molar refractivity (Wildman–Crippen MR) is 126 cm³/mol. The van der Waals surface area contributed by atoms with E-state index in [2.05, 4.69) is 64.5 Å². The number of para-hydroxylation sites is 1. The third kappa shape index (κ3) is 5.49. The number of carbonyl (C=O) groups is 1. The molecule has 3 N–H and O–H groups in total. The molecule has 0 fully saturated rings. The Morgan fingerprint density at radius 3 is 1.77 bits per heavy atom. The Kier molecular flexibility index (Phi) is 7.24. The number of phenolic OH excluding ortho intramolecular Hbond substituents is 1. The zero-order chi connectivity index (χ0) is 21.3. The molecule has 2 amide bonds. The van der Waals surface area contributed by atoms with Gasteiger partial charge in [-0.15, -0.1) is 0 Å². The first kappa shape index (κ1) is 21.1. The average Bonchev–Trinajstić information content (AvgIpc) is 2.77. The van der Waals surface area contributed by atoms with Crippen molar-refractivity contribution in [1.82, 2.24) is 0 Å². The molecule has 0 aliphatic rings. The molecule has 4 aromatic rings. The quantitative estimate of drug-likeness (QED) is 0.356. The highest BCUT2D eigenvalue weighted by Gasteiger charge is 2.17. The van der Waals surface area contributed by atoms with E-state index >= 15 is 0 Å². The molecule has 0 aromatic heterocycles. The number of nitrogens with two attached hydrogens (primary N) is 1. The number of phenols is 1. The number of carbonyl (C=O) groups excluding carboxylic acids is 1. The van der Waals surface area contributed by atoms with Crippen LogP contribution in [-0.2, 0) is 0 Å². The van der Waals surface area contributed by atoms with Crippen LogP contribution in [0.4, 0.5) is 16.2 Å². The van der Waals surface area contributed by atoms with E-state index in [4.69, 9.17) is 5.73 Å². The van der Waals surface area contributed by atoms with Gasteiger partial charge in [-0.25, -0.2) is 4.79 Å². The molecular formula is C25H21BrN2O2. The predicted octanol–water partition coefficient (Wildman–Crippen LogP) is 6.73. The molecule has 0 radical (unpaired) electrons. The molecule has 0 heterocycles. The molecule has 5 heteroatoms. The Morgan fingerprint density at radius 2 is 1.27 bits per heavy atom. The van der Waals surface area contributed by atoms with Crippen LogP contribution < -0.4 is 10.6 Å². The number of benzene rings is 4. The molecule has 4 aromatic carbocycles. The molecule has 150 valence electrons. The number of urea groups is 1. The van der Waals surface area contributed by atoms with Gasteiger partial charge in [0.1, 0.15) is 5.75 Å². The minimum atomic E-state index is -0.618. The van der Waals surface area contributed by atoms with Crippen LogP contribution in [0, 0.1) is 0 Å². The third-order valence-electron chi connectivity index (χ3n) is 4.28. The van der Waals surface area contributed by atoms with Crippen molar-refractivity contribution < 1.29 is 9.90 Å². The van der Waals surface area contributed by atoms with Crippen molar-refractivity contribution in [2.45, 2.75) is 0 Å². The Balaban J connectivity index is 0.000000184. The molecule has 0 unspecified atom stereocenters. The summed E-state index contributed by atoms with van der Waals surface area (Å²) in [6, 6.07) is 33.7. The number of nitrogens with zero attached hydrogens (tertiary/aromatic N) is 1. The highest BCUT2D eigenvalue weighted by molar-refractivity contribution is 9.10. The lowest BCUT2D eigenvalue weighted by atomic mass is 10.1. The number of amides is 2. The normalized spacial score (nSPS) is 9.90. The molecule has 0 aliphatic heterocycles. The van der Waals surface area contributed by atoms with Crippen LogP contribution in [0.3, 0.4) is 0 Å². The number of hydrogen-bond donors (Lipinski definition) is 2. The molecule has 0 saturated heterocycles. The second-order valence-corrected chi connectivity index (χ2v) is 7.23. The molecule has 4 rings (SSSR count). The largest absolute Gasteiger partial charge is 0.508 e. The van der Waals surface area contributed by atoms with Crippen LogP contribution in [0.25, 0.3) is 11.1 Å². The summed E-state index contributed by atoms with van der Waals surface area (Å²) in [5.74, 6) is 0.0748. The first-order valence-corrected chi connectivity index (χ1v) is 10.1. The zero-order valence-corrected chi connectivity index (χ0v) is 17.7. The Bertz CT molecular complexity index is 1060. The number of hydrogen-bond acceptors (Lipinski definition) is 2. The van der Waals surface area contributed by atoms with Crippen LogP contribution in [0.1, 0.15) is 0 Å². The summed E-state index contributed by atoms with van der Waals surface area (Å²) in [4.78, 5) is 12.9. The summed E-state index contributed by atoms with van der Waals surface area (Å²) in [7, 11) is 0. The van der Waals surface area contributed by atoms with E-state index in [0.717, 1.165) is 4.47 Å². The Morgan fingerprint density at radius 1 is 0.733 bits per heavy atom. The van der Waals surface area contributed by atoms with E-state index < -0.39 is 6.03 Å². The molecule has 0 atom stereocenters. The van der Waals surface area contributed by atoms with Gasteiger partial charge in [0.15, 0.2) is 0 Å². The van der Waals surface area contributed by atoms with E-state index in [1.54, 1.807) is 24.3 Å². The van der Waals surface area contributed by atoms with Gasteiger partial charge in [0.2, 0.25) is 0 Å². The monoisotopic (exact) mass is 460 g/mol. The Hall–Kier alpha value is -3.57. The van der Waals surface area contributed by atoms with Crippen molar-refractivity contribution in [1.29, 1.82) is 0 Å². The minimum absolute atomic E-state index is 0.0748. The van der Waals surface area contributed by atoms with Crippen molar-refractivity contribution in [3.8, 4) is 16.9 Å². The molecule has 0 bridgehead atoms. The molecule has 0 saturated carbocycles. The molecular weight excluding hydrogens is 440 g/mol. The SMILES string of the molecule is NC(=O)N(c1cccc(O)c1)c1ccccc1Br.c1ccc(-c2ccccc2)cc1. The van der Waals surface area contributed by atoms with E-state index in [9.17, 15) is 9.90 Å². The van der Waals surface area contributed by atoms with Crippen LogP contribution in [0.15, 0.2) is 114 Å². The van der Waals surface area contributed by atoms with Gasteiger partial charge in [-0.3, -0.25) is 4.90 Å². The summed E-state index contributed by atoms with van der Waals surface area (Å²) < 4.78 is 0.743. The van der Waals surface area contributed by atoms with Crippen LogP contribution in [0.2, 0.25) is 0 Å². The lowest BCUT2D eigenvalue weighted by molar-refractivity contribution is 0.256. The van der Waals surface area contributed by atoms with Crippen molar-refractivity contribution in [3.05, 3.63) is 114 Å². The van der Waals surface area contributed by atoms with Gasteiger partial charge >= 0.3 is 6.03 Å². The number of primary amides is 1. The number of aromatic hydroxyl groups is 1. The third-order valence-corrected chi connectivity index (χ3v) is 4.95. The smallest absolute Gasteiger partial charge is 0.323 e. The van der Waals surface area contributed by atoms with Crippen LogP contribution in [-0.4, -0.2) is 11.1 Å². The second kappa shape index (κ2) is 10.3. The summed E-state index contributed by atoms with van der Waals surface area (Å²) in [6.45, 7) is 0. The lowest BCUT2D eigenvalue weighted by Gasteiger charge is -2.21.